The van der Waals surface area contributed by atoms with E-state index in [-0.39, 0.29) is 17.9 Å². The van der Waals surface area contributed by atoms with Gasteiger partial charge in [-0.2, -0.15) is 0 Å². The van der Waals surface area contributed by atoms with E-state index in [2.05, 4.69) is 27.8 Å². The van der Waals surface area contributed by atoms with E-state index >= 15 is 0 Å². The van der Waals surface area contributed by atoms with E-state index in [1.807, 2.05) is 47.4 Å². The molecular formula is C23H24N4O2. The Hall–Kier alpha value is -3.41. The van der Waals surface area contributed by atoms with Crippen molar-refractivity contribution in [3.63, 3.8) is 0 Å². The fourth-order valence-corrected chi connectivity index (χ4v) is 3.75. The van der Waals surface area contributed by atoms with Gasteiger partial charge in [0.25, 0.3) is 0 Å². The van der Waals surface area contributed by atoms with Crippen molar-refractivity contribution in [3.8, 4) is 0 Å². The zero-order chi connectivity index (χ0) is 20.1. The van der Waals surface area contributed by atoms with Gasteiger partial charge in [0.1, 0.15) is 0 Å². The number of carbonyl (C=O) groups is 2. The lowest BCUT2D eigenvalue weighted by Gasteiger charge is -2.17. The molecule has 6 nitrogen and oxygen atoms in total. The normalized spacial score (nSPS) is 16.2. The number of nitrogens with zero attached hydrogens (tertiary/aromatic N) is 2. The van der Waals surface area contributed by atoms with Crippen LogP contribution in [-0.2, 0) is 11.2 Å². The van der Waals surface area contributed by atoms with Crippen molar-refractivity contribution in [2.45, 2.75) is 12.8 Å². The minimum atomic E-state index is -0.260. The van der Waals surface area contributed by atoms with Gasteiger partial charge in [0.15, 0.2) is 0 Å². The molecule has 29 heavy (non-hydrogen) atoms. The van der Waals surface area contributed by atoms with Crippen LogP contribution < -0.4 is 10.6 Å². The number of fused-ring (bicyclic) bond motifs is 1. The van der Waals surface area contributed by atoms with Crippen LogP contribution in [0.4, 0.5) is 10.5 Å². The number of rotatable bonds is 6. The lowest BCUT2D eigenvalue weighted by molar-refractivity contribution is -0.127. The topological polar surface area (TPSA) is 74.3 Å². The second-order valence-corrected chi connectivity index (χ2v) is 7.38. The number of benzene rings is 2. The molecule has 148 valence electrons. The summed E-state index contributed by atoms with van der Waals surface area (Å²) in [5.41, 5.74) is 1.97. The first kappa shape index (κ1) is 18.9. The largest absolute Gasteiger partial charge is 0.342 e. The summed E-state index contributed by atoms with van der Waals surface area (Å²) in [6.45, 7) is 1.88. The Morgan fingerprint density at radius 3 is 2.83 bits per heavy atom. The number of urea groups is 1. The molecule has 6 heteroatoms. The molecule has 1 fully saturated rings. The van der Waals surface area contributed by atoms with Crippen LogP contribution in [-0.4, -0.2) is 41.5 Å². The zero-order valence-corrected chi connectivity index (χ0v) is 16.2. The molecule has 0 radical (unpaired) electrons. The summed E-state index contributed by atoms with van der Waals surface area (Å²) in [4.78, 5) is 30.6. The van der Waals surface area contributed by atoms with Crippen LogP contribution in [0.5, 0.6) is 0 Å². The average Bonchev–Trinajstić information content (AvgIpc) is 3.11. The SMILES string of the molecule is O=C(NC[C@H]1CC(=O)N(CCc2ccccc2)C1)Nc1cccc2cnccc12. The molecule has 2 aromatic carbocycles. The molecule has 3 aromatic rings. The quantitative estimate of drug-likeness (QED) is 0.679. The number of pyridine rings is 1. The van der Waals surface area contributed by atoms with E-state index in [9.17, 15) is 9.59 Å². The molecule has 0 unspecified atom stereocenters. The second kappa shape index (κ2) is 8.73. The molecule has 2 N–H and O–H groups in total. The van der Waals surface area contributed by atoms with Gasteiger partial charge in [-0.05, 0) is 24.1 Å². The monoisotopic (exact) mass is 388 g/mol. The van der Waals surface area contributed by atoms with Gasteiger partial charge < -0.3 is 15.5 Å². The van der Waals surface area contributed by atoms with E-state index in [1.54, 1.807) is 12.4 Å². The van der Waals surface area contributed by atoms with Crippen molar-refractivity contribution in [2.75, 3.05) is 25.0 Å². The number of likely N-dealkylation sites (tertiary alicyclic amines) is 1. The first-order valence-electron chi connectivity index (χ1n) is 9.88. The third-order valence-electron chi connectivity index (χ3n) is 5.29. The summed E-state index contributed by atoms with van der Waals surface area (Å²) in [5, 5.41) is 7.73. The van der Waals surface area contributed by atoms with Crippen LogP contribution in [0.15, 0.2) is 67.0 Å². The summed E-state index contributed by atoms with van der Waals surface area (Å²) >= 11 is 0. The first-order chi connectivity index (χ1) is 14.2. The minimum absolute atomic E-state index is 0.140. The van der Waals surface area contributed by atoms with Crippen molar-refractivity contribution in [3.05, 3.63) is 72.6 Å². The highest BCUT2D eigenvalue weighted by Crippen LogP contribution is 2.22. The Morgan fingerprint density at radius 1 is 1.10 bits per heavy atom. The second-order valence-electron chi connectivity index (χ2n) is 7.38. The van der Waals surface area contributed by atoms with Crippen molar-refractivity contribution < 1.29 is 9.59 Å². The standard InChI is InChI=1S/C23H24N4O2/c28-22-13-18(16-27(22)12-10-17-5-2-1-3-6-17)14-25-23(29)26-21-8-4-7-19-15-24-11-9-20(19)21/h1-9,11,15,18H,10,12-14,16H2,(H2,25,26,29)/t18-/m1/s1. The van der Waals surface area contributed by atoms with E-state index in [0.29, 0.717) is 19.5 Å². The van der Waals surface area contributed by atoms with Crippen LogP contribution in [0.25, 0.3) is 10.8 Å². The van der Waals surface area contributed by atoms with E-state index < -0.39 is 0 Å². The van der Waals surface area contributed by atoms with Gasteiger partial charge in [-0.25, -0.2) is 4.79 Å². The molecule has 1 aliphatic heterocycles. The Morgan fingerprint density at radius 2 is 1.97 bits per heavy atom. The molecule has 2 heterocycles. The van der Waals surface area contributed by atoms with E-state index in [0.717, 1.165) is 29.4 Å². The van der Waals surface area contributed by atoms with Crippen LogP contribution in [0.3, 0.4) is 0 Å². The van der Waals surface area contributed by atoms with Gasteiger partial charge in [-0.3, -0.25) is 9.78 Å². The van der Waals surface area contributed by atoms with Crippen molar-refractivity contribution in [2.24, 2.45) is 5.92 Å². The molecule has 1 aromatic heterocycles. The lowest BCUT2D eigenvalue weighted by atomic mass is 10.1. The number of hydrogen-bond acceptors (Lipinski definition) is 3. The molecule has 4 rings (SSSR count). The number of amides is 3. The van der Waals surface area contributed by atoms with Gasteiger partial charge in [-0.1, -0.05) is 42.5 Å². The Bertz CT molecular complexity index is 1000. The van der Waals surface area contributed by atoms with Crippen LogP contribution in [0, 0.1) is 5.92 Å². The molecular weight excluding hydrogens is 364 g/mol. The maximum absolute atomic E-state index is 12.4. The summed E-state index contributed by atoms with van der Waals surface area (Å²) in [7, 11) is 0. The molecule has 3 amide bonds. The summed E-state index contributed by atoms with van der Waals surface area (Å²) < 4.78 is 0. The maximum atomic E-state index is 12.4. The number of anilines is 1. The summed E-state index contributed by atoms with van der Waals surface area (Å²) in [6.07, 6.45) is 4.81. The maximum Gasteiger partial charge on any atom is 0.319 e. The molecule has 1 atom stereocenters. The predicted octanol–water partition coefficient (Wildman–Crippen LogP) is 3.45. The van der Waals surface area contributed by atoms with Crippen LogP contribution >= 0.6 is 0 Å². The number of carbonyl (C=O) groups excluding carboxylic acids is 2. The third-order valence-corrected chi connectivity index (χ3v) is 5.29. The molecule has 1 aliphatic rings. The molecule has 0 saturated carbocycles. The van der Waals surface area contributed by atoms with Gasteiger partial charge in [0, 0.05) is 55.1 Å². The van der Waals surface area contributed by atoms with E-state index in [1.165, 1.54) is 5.56 Å². The highest BCUT2D eigenvalue weighted by molar-refractivity contribution is 6.01. The van der Waals surface area contributed by atoms with Gasteiger partial charge >= 0.3 is 6.03 Å². The van der Waals surface area contributed by atoms with Crippen molar-refractivity contribution >= 4 is 28.4 Å². The zero-order valence-electron chi connectivity index (χ0n) is 16.2. The first-order valence-corrected chi connectivity index (χ1v) is 9.88. The van der Waals surface area contributed by atoms with Crippen LogP contribution in [0.2, 0.25) is 0 Å². The Labute approximate surface area is 169 Å². The average molecular weight is 388 g/mol. The molecule has 0 bridgehead atoms. The smallest absolute Gasteiger partial charge is 0.319 e. The summed E-state index contributed by atoms with van der Waals surface area (Å²) in [6, 6.07) is 17.5. The lowest BCUT2D eigenvalue weighted by Crippen LogP contribution is -2.34. The fourth-order valence-electron chi connectivity index (χ4n) is 3.75. The number of aromatic nitrogens is 1. The van der Waals surface area contributed by atoms with E-state index in [4.69, 9.17) is 0 Å². The van der Waals surface area contributed by atoms with Gasteiger partial charge in [-0.15, -0.1) is 0 Å². The van der Waals surface area contributed by atoms with Gasteiger partial charge in [0.05, 0.1) is 5.69 Å². The van der Waals surface area contributed by atoms with Crippen molar-refractivity contribution in [1.82, 2.24) is 15.2 Å². The highest BCUT2D eigenvalue weighted by atomic mass is 16.2. The predicted molar refractivity (Wildman–Crippen MR) is 114 cm³/mol. The number of nitrogens with one attached hydrogen (secondary N) is 2. The Kier molecular flexibility index (Phi) is 5.70. The Balaban J connectivity index is 1.27. The molecule has 1 saturated heterocycles. The van der Waals surface area contributed by atoms with Gasteiger partial charge in [0.2, 0.25) is 5.91 Å². The minimum Gasteiger partial charge on any atom is -0.342 e. The fraction of sp³-hybridized carbons (Fsp3) is 0.261. The van der Waals surface area contributed by atoms with Crippen molar-refractivity contribution in [1.29, 1.82) is 0 Å². The van der Waals surface area contributed by atoms with Crippen LogP contribution in [0.1, 0.15) is 12.0 Å². The summed E-state index contributed by atoms with van der Waals surface area (Å²) in [5.74, 6) is 0.301. The third kappa shape index (κ3) is 4.71. The molecule has 0 spiro atoms. The highest BCUT2D eigenvalue weighted by Gasteiger charge is 2.29. The number of hydrogen-bond donors (Lipinski definition) is 2. The molecule has 0 aliphatic carbocycles.